The van der Waals surface area contributed by atoms with E-state index in [-0.39, 0.29) is 17.0 Å². The van der Waals surface area contributed by atoms with Gasteiger partial charge in [-0.3, -0.25) is 14.9 Å². The predicted octanol–water partition coefficient (Wildman–Crippen LogP) is 5.35. The largest absolute Gasteiger partial charge is 0.369 e. The highest BCUT2D eigenvalue weighted by atomic mass is 35.5. The molecule has 1 saturated heterocycles. The van der Waals surface area contributed by atoms with Crippen LogP contribution in [0.4, 0.5) is 16.2 Å². The number of rotatable bonds is 2. The maximum Gasteiger partial charge on any atom is 0.335 e. The molecule has 2 heterocycles. The topological polar surface area (TPSA) is 69.7 Å². The molecular formula is C26H28ClN3O3. The normalized spacial score (nSPS) is 21.4. The third-order valence-electron chi connectivity index (χ3n) is 6.62. The summed E-state index contributed by atoms with van der Waals surface area (Å²) in [6.45, 7) is 10.3. The van der Waals surface area contributed by atoms with Crippen molar-refractivity contribution < 1.29 is 14.4 Å². The number of anilines is 2. The molecule has 0 saturated carbocycles. The Hall–Kier alpha value is -3.12. The molecule has 1 fully saturated rings. The third-order valence-corrected chi connectivity index (χ3v) is 6.95. The second kappa shape index (κ2) is 8.03. The van der Waals surface area contributed by atoms with E-state index < -0.39 is 17.8 Å². The van der Waals surface area contributed by atoms with Crippen LogP contribution < -0.4 is 15.1 Å². The highest BCUT2D eigenvalue weighted by Crippen LogP contribution is 2.44. The Morgan fingerprint density at radius 1 is 1.06 bits per heavy atom. The average Bonchev–Trinajstić information content (AvgIpc) is 2.69. The van der Waals surface area contributed by atoms with Crippen LogP contribution in [0.25, 0.3) is 6.08 Å². The van der Waals surface area contributed by atoms with Gasteiger partial charge < -0.3 is 4.90 Å². The molecule has 0 aromatic heterocycles. The fourth-order valence-electron chi connectivity index (χ4n) is 4.84. The molecule has 33 heavy (non-hydrogen) atoms. The zero-order valence-corrected chi connectivity index (χ0v) is 20.5. The number of nitrogens with zero attached hydrogens (tertiary/aromatic N) is 2. The molecule has 4 rings (SSSR count). The fourth-order valence-corrected chi connectivity index (χ4v) is 5.05. The van der Waals surface area contributed by atoms with Gasteiger partial charge in [-0.1, -0.05) is 24.6 Å². The molecule has 2 aromatic rings. The molecule has 0 aliphatic carbocycles. The van der Waals surface area contributed by atoms with Crippen molar-refractivity contribution in [3.8, 4) is 0 Å². The molecule has 1 atom stereocenters. The number of carbonyl (C=O) groups excluding carboxylic acids is 3. The number of imide groups is 2. The summed E-state index contributed by atoms with van der Waals surface area (Å²) in [5.74, 6) is -1.12. The van der Waals surface area contributed by atoms with Crippen LogP contribution in [0, 0.1) is 13.8 Å². The van der Waals surface area contributed by atoms with E-state index in [0.717, 1.165) is 33.7 Å². The molecule has 1 N–H and O–H groups in total. The van der Waals surface area contributed by atoms with Crippen LogP contribution in [0.5, 0.6) is 0 Å². The Balaban J connectivity index is 1.78. The summed E-state index contributed by atoms with van der Waals surface area (Å²) in [7, 11) is 2.05. The van der Waals surface area contributed by atoms with Crippen LogP contribution in [0.3, 0.4) is 0 Å². The lowest BCUT2D eigenvalue weighted by Crippen LogP contribution is -2.54. The van der Waals surface area contributed by atoms with E-state index in [1.807, 2.05) is 39.1 Å². The van der Waals surface area contributed by atoms with Crippen LogP contribution in [0.2, 0.25) is 5.02 Å². The van der Waals surface area contributed by atoms with Crippen molar-refractivity contribution in [3.63, 3.8) is 0 Å². The molecule has 172 valence electrons. The van der Waals surface area contributed by atoms with Crippen molar-refractivity contribution >= 4 is 46.9 Å². The van der Waals surface area contributed by atoms with Crippen LogP contribution in [-0.2, 0) is 9.59 Å². The summed E-state index contributed by atoms with van der Waals surface area (Å²) < 4.78 is 0. The van der Waals surface area contributed by atoms with Crippen LogP contribution in [-0.4, -0.2) is 30.4 Å². The minimum atomic E-state index is -0.763. The number of fused-ring (bicyclic) bond motifs is 1. The van der Waals surface area contributed by atoms with Crippen molar-refractivity contribution in [2.75, 3.05) is 16.8 Å². The van der Waals surface area contributed by atoms with Crippen LogP contribution in [0.1, 0.15) is 55.4 Å². The quantitative estimate of drug-likeness (QED) is 0.479. The zero-order valence-electron chi connectivity index (χ0n) is 19.7. The van der Waals surface area contributed by atoms with Gasteiger partial charge in [0.05, 0.1) is 5.69 Å². The molecule has 0 bridgehead atoms. The lowest BCUT2D eigenvalue weighted by molar-refractivity contribution is -0.122. The predicted molar refractivity (Wildman–Crippen MR) is 132 cm³/mol. The molecule has 4 amide bonds. The summed E-state index contributed by atoms with van der Waals surface area (Å²) in [5, 5.41) is 2.72. The van der Waals surface area contributed by atoms with Crippen molar-refractivity contribution in [2.24, 2.45) is 0 Å². The highest BCUT2D eigenvalue weighted by molar-refractivity contribution is 6.40. The number of urea groups is 1. The second-order valence-electron chi connectivity index (χ2n) is 9.71. The van der Waals surface area contributed by atoms with Crippen molar-refractivity contribution in [3.05, 3.63) is 63.2 Å². The standard InChI is InChI=1S/C26H28ClN3O3/c1-14-7-15(2)9-18(8-14)30-24(32)20(23(31)28-25(30)33)11-17-10-19-16(3)13-26(4,5)29(6)22(19)12-21(17)27/h7-12,16H,13H2,1-6H3,(H,28,31,33)/b20-11+/t16-/m0/s1. The molecule has 2 aliphatic rings. The highest BCUT2D eigenvalue weighted by Gasteiger charge is 2.38. The Morgan fingerprint density at radius 3 is 2.33 bits per heavy atom. The molecule has 6 nitrogen and oxygen atoms in total. The van der Waals surface area contributed by atoms with Gasteiger partial charge in [-0.25, -0.2) is 9.69 Å². The van der Waals surface area contributed by atoms with E-state index in [4.69, 9.17) is 11.6 Å². The maximum atomic E-state index is 13.3. The second-order valence-corrected chi connectivity index (χ2v) is 10.1. The minimum absolute atomic E-state index is 0.0121. The lowest BCUT2D eigenvalue weighted by atomic mass is 9.80. The Labute approximate surface area is 199 Å². The smallest absolute Gasteiger partial charge is 0.335 e. The fraction of sp³-hybridized carbons (Fsp3) is 0.346. The minimum Gasteiger partial charge on any atom is -0.369 e. The number of hydrogen-bond donors (Lipinski definition) is 1. The van der Waals surface area contributed by atoms with E-state index in [9.17, 15) is 14.4 Å². The van der Waals surface area contributed by atoms with Crippen molar-refractivity contribution in [1.82, 2.24) is 5.32 Å². The number of barbiturate groups is 1. The Kier molecular flexibility index (Phi) is 5.61. The first-order valence-corrected chi connectivity index (χ1v) is 11.3. The monoisotopic (exact) mass is 465 g/mol. The molecule has 2 aromatic carbocycles. The van der Waals surface area contributed by atoms with Gasteiger partial charge in [0, 0.05) is 23.3 Å². The van der Waals surface area contributed by atoms with E-state index >= 15 is 0 Å². The number of carbonyl (C=O) groups is 3. The summed E-state index contributed by atoms with van der Waals surface area (Å²) in [4.78, 5) is 41.7. The summed E-state index contributed by atoms with van der Waals surface area (Å²) in [6, 6.07) is 8.50. The summed E-state index contributed by atoms with van der Waals surface area (Å²) in [6.07, 6.45) is 2.44. The average molecular weight is 466 g/mol. The Bertz CT molecular complexity index is 1210. The molecule has 0 radical (unpaired) electrons. The van der Waals surface area contributed by atoms with Gasteiger partial charge in [0.25, 0.3) is 11.8 Å². The summed E-state index contributed by atoms with van der Waals surface area (Å²) >= 11 is 6.61. The third kappa shape index (κ3) is 4.04. The van der Waals surface area contributed by atoms with E-state index in [0.29, 0.717) is 16.3 Å². The van der Waals surface area contributed by atoms with Crippen LogP contribution >= 0.6 is 11.6 Å². The lowest BCUT2D eigenvalue weighted by Gasteiger charge is -2.45. The van der Waals surface area contributed by atoms with Gasteiger partial charge in [0.15, 0.2) is 0 Å². The maximum absolute atomic E-state index is 13.3. The van der Waals surface area contributed by atoms with Crippen molar-refractivity contribution in [1.29, 1.82) is 0 Å². The SMILES string of the molecule is Cc1cc(C)cc(N2C(=O)NC(=O)/C(=C\c3cc4c(cc3Cl)N(C)C(C)(C)C[C@@H]4C)C2=O)c1. The number of aryl methyl sites for hydroxylation is 2. The Morgan fingerprint density at radius 2 is 1.70 bits per heavy atom. The van der Waals surface area contributed by atoms with Gasteiger partial charge >= 0.3 is 6.03 Å². The van der Waals surface area contributed by atoms with E-state index in [1.165, 1.54) is 6.08 Å². The first kappa shape index (κ1) is 23.1. The number of hydrogen-bond acceptors (Lipinski definition) is 4. The zero-order chi connectivity index (χ0) is 24.2. The molecular weight excluding hydrogens is 438 g/mol. The van der Waals surface area contributed by atoms with Gasteiger partial charge in [0.2, 0.25) is 0 Å². The van der Waals surface area contributed by atoms with Gasteiger partial charge in [-0.05, 0) is 92.6 Å². The van der Waals surface area contributed by atoms with E-state index in [2.05, 4.69) is 31.0 Å². The van der Waals surface area contributed by atoms with Crippen LogP contribution in [0.15, 0.2) is 35.9 Å². The number of amides is 4. The van der Waals surface area contributed by atoms with E-state index in [1.54, 1.807) is 12.1 Å². The summed E-state index contributed by atoms with van der Waals surface area (Å²) in [5.41, 5.74) is 4.82. The molecule has 7 heteroatoms. The van der Waals surface area contributed by atoms with Crippen molar-refractivity contribution in [2.45, 2.75) is 52.5 Å². The van der Waals surface area contributed by atoms with Gasteiger partial charge in [0.1, 0.15) is 5.57 Å². The number of halogens is 1. The first-order chi connectivity index (χ1) is 15.4. The molecule has 2 aliphatic heterocycles. The van der Waals surface area contributed by atoms with Gasteiger partial charge in [-0.2, -0.15) is 0 Å². The first-order valence-electron chi connectivity index (χ1n) is 11.0. The number of nitrogens with one attached hydrogen (secondary N) is 1. The molecule has 0 spiro atoms. The number of benzene rings is 2. The molecule has 0 unspecified atom stereocenters. The van der Waals surface area contributed by atoms with Gasteiger partial charge in [-0.15, -0.1) is 0 Å².